The number of esters is 1. The van der Waals surface area contributed by atoms with E-state index in [0.29, 0.717) is 17.7 Å². The summed E-state index contributed by atoms with van der Waals surface area (Å²) in [6.07, 6.45) is 4.40. The van der Waals surface area contributed by atoms with Gasteiger partial charge in [-0.1, -0.05) is 12.1 Å². The molecule has 1 heterocycles. The summed E-state index contributed by atoms with van der Waals surface area (Å²) in [5.74, 6) is -0.729. The van der Waals surface area contributed by atoms with E-state index < -0.39 is 11.9 Å². The molecule has 0 unspecified atom stereocenters. The highest BCUT2D eigenvalue weighted by Gasteiger charge is 2.16. The highest BCUT2D eigenvalue weighted by molar-refractivity contribution is 5.93. The van der Waals surface area contributed by atoms with Gasteiger partial charge in [-0.25, -0.2) is 9.59 Å². The van der Waals surface area contributed by atoms with E-state index >= 15 is 0 Å². The molecular weight excluding hydrogens is 394 g/mol. The summed E-state index contributed by atoms with van der Waals surface area (Å²) < 4.78 is 12.5. The molecule has 0 saturated carbocycles. The van der Waals surface area contributed by atoms with Gasteiger partial charge in [-0.3, -0.25) is 0 Å². The van der Waals surface area contributed by atoms with Crippen molar-refractivity contribution in [3.05, 3.63) is 70.4 Å². The van der Waals surface area contributed by atoms with Gasteiger partial charge in [-0.2, -0.15) is 0 Å². The van der Waals surface area contributed by atoms with E-state index in [1.807, 2.05) is 24.3 Å². The molecule has 3 aromatic rings. The molecule has 0 amide bonds. The van der Waals surface area contributed by atoms with Crippen LogP contribution in [0.1, 0.15) is 53.9 Å². The van der Waals surface area contributed by atoms with E-state index in [0.717, 1.165) is 27.6 Å². The topological polar surface area (TPSA) is 77.8 Å². The molecule has 1 N–H and O–H groups in total. The van der Waals surface area contributed by atoms with Crippen LogP contribution in [0.4, 0.5) is 0 Å². The maximum Gasteiger partial charge on any atom is 0.337 e. The normalized spacial score (nSPS) is 11.7. The molecule has 162 valence electrons. The molecule has 6 nitrogen and oxygen atoms in total. The van der Waals surface area contributed by atoms with Crippen LogP contribution < -0.4 is 4.74 Å². The molecule has 3 rings (SSSR count). The van der Waals surface area contributed by atoms with Crippen molar-refractivity contribution in [1.29, 1.82) is 0 Å². The van der Waals surface area contributed by atoms with E-state index in [-0.39, 0.29) is 11.6 Å². The zero-order valence-electron chi connectivity index (χ0n) is 18.4. The molecule has 6 heteroatoms. The first-order chi connectivity index (χ1) is 14.7. The zero-order valence-corrected chi connectivity index (χ0v) is 18.4. The Bertz CT molecular complexity index is 1170. The number of nitrogens with zero attached hydrogens (tertiary/aromatic N) is 1. The quantitative estimate of drug-likeness (QED) is 0.424. The number of hydrogen-bond acceptors (Lipinski definition) is 4. The zero-order chi connectivity index (χ0) is 22.7. The van der Waals surface area contributed by atoms with Gasteiger partial charge in [-0.15, -0.1) is 0 Å². The van der Waals surface area contributed by atoms with Gasteiger partial charge in [0.15, 0.2) is 0 Å². The second kappa shape index (κ2) is 9.08. The minimum absolute atomic E-state index is 0.266. The fourth-order valence-corrected chi connectivity index (χ4v) is 3.65. The first-order valence-electron chi connectivity index (χ1n) is 10.1. The summed E-state index contributed by atoms with van der Waals surface area (Å²) in [5, 5.41) is 10.3. The Kier molecular flexibility index (Phi) is 6.49. The van der Waals surface area contributed by atoms with Gasteiger partial charge in [0.05, 0.1) is 19.8 Å². The lowest BCUT2D eigenvalue weighted by Crippen LogP contribution is -2.03. The molecule has 0 saturated heterocycles. The summed E-state index contributed by atoms with van der Waals surface area (Å²) in [6.45, 7) is 5.83. The van der Waals surface area contributed by atoms with Crippen molar-refractivity contribution in [2.75, 3.05) is 14.2 Å². The van der Waals surface area contributed by atoms with Gasteiger partial charge >= 0.3 is 11.9 Å². The number of ether oxygens (including phenoxy) is 2. The molecule has 0 aliphatic heterocycles. The van der Waals surface area contributed by atoms with E-state index in [1.165, 1.54) is 7.11 Å². The van der Waals surface area contributed by atoms with Crippen molar-refractivity contribution >= 4 is 28.9 Å². The maximum absolute atomic E-state index is 11.8. The van der Waals surface area contributed by atoms with E-state index in [2.05, 4.69) is 24.6 Å². The van der Waals surface area contributed by atoms with Crippen LogP contribution in [-0.4, -0.2) is 35.8 Å². The van der Waals surface area contributed by atoms with E-state index in [1.54, 1.807) is 32.2 Å². The second-order valence-corrected chi connectivity index (χ2v) is 7.76. The van der Waals surface area contributed by atoms with Gasteiger partial charge in [-0.05, 0) is 67.8 Å². The smallest absolute Gasteiger partial charge is 0.337 e. The fraction of sp³-hybridized carbons (Fsp3) is 0.280. The SMILES string of the molecule is COC(=O)c1ccc(Cc2cn(C(C)C)c3ccc(/C=C(/C)C(=O)O)cc23)c(OC)c1. The van der Waals surface area contributed by atoms with E-state index in [4.69, 9.17) is 9.47 Å². The third-order valence-corrected chi connectivity index (χ3v) is 5.31. The third kappa shape index (κ3) is 4.63. The van der Waals surface area contributed by atoms with Crippen molar-refractivity contribution in [3.63, 3.8) is 0 Å². The monoisotopic (exact) mass is 421 g/mol. The van der Waals surface area contributed by atoms with Crippen molar-refractivity contribution in [2.45, 2.75) is 33.2 Å². The number of carbonyl (C=O) groups excluding carboxylic acids is 1. The summed E-state index contributed by atoms with van der Waals surface area (Å²) in [6, 6.07) is 11.5. The van der Waals surface area contributed by atoms with Crippen LogP contribution in [-0.2, 0) is 16.0 Å². The molecule has 0 atom stereocenters. The number of hydrogen-bond donors (Lipinski definition) is 1. The molecule has 0 spiro atoms. The Morgan fingerprint density at radius 1 is 1.10 bits per heavy atom. The molecule has 31 heavy (non-hydrogen) atoms. The Hall–Kier alpha value is -3.54. The Labute approximate surface area is 181 Å². The molecule has 0 bridgehead atoms. The van der Waals surface area contributed by atoms with Crippen LogP contribution >= 0.6 is 0 Å². The second-order valence-electron chi connectivity index (χ2n) is 7.76. The van der Waals surface area contributed by atoms with Gasteiger partial charge in [0.1, 0.15) is 5.75 Å². The lowest BCUT2D eigenvalue weighted by molar-refractivity contribution is -0.132. The average molecular weight is 421 g/mol. The summed E-state index contributed by atoms with van der Waals surface area (Å²) in [5.41, 5.74) is 4.67. The first-order valence-corrected chi connectivity index (χ1v) is 10.1. The van der Waals surface area contributed by atoms with Crippen molar-refractivity contribution in [2.24, 2.45) is 0 Å². The molecule has 2 aromatic carbocycles. The summed E-state index contributed by atoms with van der Waals surface area (Å²) >= 11 is 0. The molecule has 0 aliphatic rings. The van der Waals surface area contributed by atoms with Crippen LogP contribution in [0.3, 0.4) is 0 Å². The number of carboxylic acid groups (broad SMARTS) is 1. The highest BCUT2D eigenvalue weighted by Crippen LogP contribution is 2.31. The number of aliphatic carboxylic acids is 1. The molecule has 0 fully saturated rings. The molecule has 0 radical (unpaired) electrons. The Morgan fingerprint density at radius 2 is 1.84 bits per heavy atom. The molecular formula is C25H27NO5. The van der Waals surface area contributed by atoms with Gasteiger partial charge < -0.3 is 19.1 Å². The number of aromatic nitrogens is 1. The summed E-state index contributed by atoms with van der Waals surface area (Å²) in [7, 11) is 2.93. The number of rotatable bonds is 7. The minimum atomic E-state index is -0.935. The van der Waals surface area contributed by atoms with Gasteiger partial charge in [0.25, 0.3) is 0 Å². The first kappa shape index (κ1) is 22.2. The lowest BCUT2D eigenvalue weighted by Gasteiger charge is -2.10. The van der Waals surface area contributed by atoms with Crippen LogP contribution in [0.25, 0.3) is 17.0 Å². The lowest BCUT2D eigenvalue weighted by atomic mass is 10.0. The number of benzene rings is 2. The minimum Gasteiger partial charge on any atom is -0.496 e. The largest absolute Gasteiger partial charge is 0.496 e. The standard InChI is InChI=1S/C25H27NO5/c1-15(2)26-14-20(12-18-7-8-19(25(29)31-5)13-23(18)30-4)21-11-17(6-9-22(21)26)10-16(3)24(27)28/h6-11,13-15H,12H2,1-5H3,(H,27,28)/b16-10-. The number of fused-ring (bicyclic) bond motifs is 1. The molecule has 1 aromatic heterocycles. The number of carboxylic acids is 1. The maximum atomic E-state index is 11.8. The predicted molar refractivity (Wildman–Crippen MR) is 121 cm³/mol. The third-order valence-electron chi connectivity index (χ3n) is 5.31. The van der Waals surface area contributed by atoms with Crippen LogP contribution in [0, 0.1) is 0 Å². The number of carbonyl (C=O) groups is 2. The van der Waals surface area contributed by atoms with Crippen molar-refractivity contribution in [1.82, 2.24) is 4.57 Å². The van der Waals surface area contributed by atoms with Crippen LogP contribution in [0.5, 0.6) is 5.75 Å². The van der Waals surface area contributed by atoms with Crippen LogP contribution in [0.2, 0.25) is 0 Å². The highest BCUT2D eigenvalue weighted by atomic mass is 16.5. The Balaban J connectivity index is 2.10. The van der Waals surface area contributed by atoms with Crippen LogP contribution in [0.15, 0.2) is 48.2 Å². The van der Waals surface area contributed by atoms with E-state index in [9.17, 15) is 14.7 Å². The number of methoxy groups -OCH3 is 2. The van der Waals surface area contributed by atoms with Crippen molar-refractivity contribution < 1.29 is 24.2 Å². The average Bonchev–Trinajstić information content (AvgIpc) is 3.11. The van der Waals surface area contributed by atoms with Gasteiger partial charge in [0, 0.05) is 35.1 Å². The predicted octanol–water partition coefficient (Wildman–Crippen LogP) is 5.10. The van der Waals surface area contributed by atoms with Gasteiger partial charge in [0.2, 0.25) is 0 Å². The molecule has 0 aliphatic carbocycles. The summed E-state index contributed by atoms with van der Waals surface area (Å²) in [4.78, 5) is 23.1. The fourth-order valence-electron chi connectivity index (χ4n) is 3.65. The van der Waals surface area contributed by atoms with Crippen molar-refractivity contribution in [3.8, 4) is 5.75 Å². The Morgan fingerprint density at radius 3 is 2.45 bits per heavy atom.